The molecule has 0 amide bonds. The molecular weight excluding hydrogens is 299 g/mol. The summed E-state index contributed by atoms with van der Waals surface area (Å²) in [4.78, 5) is 22.9. The van der Waals surface area contributed by atoms with E-state index in [1.165, 1.54) is 14.2 Å². The molecule has 0 fully saturated rings. The van der Waals surface area contributed by atoms with Gasteiger partial charge in [-0.1, -0.05) is 23.2 Å². The first-order valence-electron chi connectivity index (χ1n) is 5.10. The van der Waals surface area contributed by atoms with Gasteiger partial charge in [-0.15, -0.1) is 0 Å². The van der Waals surface area contributed by atoms with Gasteiger partial charge in [0.05, 0.1) is 20.1 Å². The van der Waals surface area contributed by atoms with Crippen molar-refractivity contribution in [2.45, 2.75) is 18.6 Å². The maximum Gasteiger partial charge on any atom is 0.319 e. The van der Waals surface area contributed by atoms with Crippen LogP contribution < -0.4 is 0 Å². The predicted molar refractivity (Wildman–Crippen MR) is 73.0 cm³/mol. The number of carbonyl (C=O) groups excluding carboxylic acids is 2. The van der Waals surface area contributed by atoms with Gasteiger partial charge in [-0.3, -0.25) is 9.59 Å². The molecule has 0 rings (SSSR count). The molecule has 18 heavy (non-hydrogen) atoms. The second-order valence-corrected chi connectivity index (χ2v) is 10.6. The van der Waals surface area contributed by atoms with E-state index in [0.29, 0.717) is 0 Å². The van der Waals surface area contributed by atoms with Crippen molar-refractivity contribution in [2.24, 2.45) is 0 Å². The van der Waals surface area contributed by atoms with E-state index in [1.807, 2.05) is 0 Å². The summed E-state index contributed by atoms with van der Waals surface area (Å²) < 4.78 is 14.4. The van der Waals surface area contributed by atoms with Crippen molar-refractivity contribution in [1.29, 1.82) is 0 Å². The van der Waals surface area contributed by atoms with Gasteiger partial charge in [-0.2, -0.15) is 0 Å². The SMILES string of the molecule is CCOC(=O)CC(SP(=S)(CO)OC)C(=O)OC. The first-order valence-corrected chi connectivity index (χ1v) is 9.49. The van der Waals surface area contributed by atoms with Crippen LogP contribution >= 0.6 is 16.8 Å². The van der Waals surface area contributed by atoms with Crippen LogP contribution in [-0.2, 0) is 35.4 Å². The van der Waals surface area contributed by atoms with E-state index in [2.05, 4.69) is 4.74 Å². The number of esters is 2. The van der Waals surface area contributed by atoms with Crippen LogP contribution in [0.15, 0.2) is 0 Å². The molecule has 0 radical (unpaired) electrons. The number of hydrogen-bond acceptors (Lipinski definition) is 8. The molecule has 0 aromatic heterocycles. The minimum Gasteiger partial charge on any atom is -0.468 e. The third-order valence-corrected chi connectivity index (χ3v) is 7.79. The van der Waals surface area contributed by atoms with Crippen molar-refractivity contribution in [3.63, 3.8) is 0 Å². The van der Waals surface area contributed by atoms with Gasteiger partial charge in [0.1, 0.15) is 17.1 Å². The standard InChI is InChI=1S/C9H17O6PS2/c1-4-15-8(11)5-7(9(12)13-2)18-16(17,6-10)14-3/h7,10H,4-6H2,1-3H3. The van der Waals surface area contributed by atoms with Gasteiger partial charge in [-0.25, -0.2) is 0 Å². The molecule has 0 bridgehead atoms. The quantitative estimate of drug-likeness (QED) is 0.527. The zero-order chi connectivity index (χ0) is 14.2. The summed E-state index contributed by atoms with van der Waals surface area (Å²) >= 11 is 6.06. The second-order valence-electron chi connectivity index (χ2n) is 3.06. The van der Waals surface area contributed by atoms with Crippen LogP contribution in [0, 0.1) is 0 Å². The Bertz CT molecular complexity index is 327. The molecule has 2 atom stereocenters. The lowest BCUT2D eigenvalue weighted by atomic mass is 10.3. The van der Waals surface area contributed by atoms with E-state index in [1.54, 1.807) is 6.92 Å². The zero-order valence-corrected chi connectivity index (χ0v) is 13.0. The van der Waals surface area contributed by atoms with Crippen molar-refractivity contribution in [3.05, 3.63) is 0 Å². The lowest BCUT2D eigenvalue weighted by Crippen LogP contribution is -2.23. The molecule has 106 valence electrons. The number of rotatable bonds is 8. The summed E-state index contributed by atoms with van der Waals surface area (Å²) in [7, 11) is 2.58. The fraction of sp³-hybridized carbons (Fsp3) is 0.778. The highest BCUT2D eigenvalue weighted by molar-refractivity contribution is 8.69. The lowest BCUT2D eigenvalue weighted by molar-refractivity contribution is -0.148. The fourth-order valence-corrected chi connectivity index (χ4v) is 5.08. The van der Waals surface area contributed by atoms with Gasteiger partial charge in [0, 0.05) is 7.11 Å². The van der Waals surface area contributed by atoms with E-state index in [4.69, 9.17) is 26.2 Å². The van der Waals surface area contributed by atoms with E-state index in [0.717, 1.165) is 11.4 Å². The molecule has 0 heterocycles. The maximum absolute atomic E-state index is 11.5. The molecular formula is C9H17O6PS2. The van der Waals surface area contributed by atoms with Crippen LogP contribution in [0.4, 0.5) is 0 Å². The monoisotopic (exact) mass is 316 g/mol. The lowest BCUT2D eigenvalue weighted by Gasteiger charge is -2.21. The Kier molecular flexibility index (Phi) is 8.81. The number of aliphatic hydroxyl groups is 1. The van der Waals surface area contributed by atoms with Gasteiger partial charge < -0.3 is 19.1 Å². The minimum absolute atomic E-state index is 0.160. The molecule has 6 nitrogen and oxygen atoms in total. The molecule has 0 saturated heterocycles. The second kappa shape index (κ2) is 8.87. The van der Waals surface area contributed by atoms with Crippen molar-refractivity contribution in [3.8, 4) is 0 Å². The van der Waals surface area contributed by atoms with Gasteiger partial charge in [0.25, 0.3) is 0 Å². The Morgan fingerprint density at radius 3 is 2.44 bits per heavy atom. The highest BCUT2D eigenvalue weighted by Crippen LogP contribution is 2.60. The Morgan fingerprint density at radius 1 is 1.44 bits per heavy atom. The number of ether oxygens (including phenoxy) is 2. The van der Waals surface area contributed by atoms with Crippen LogP contribution in [0.2, 0.25) is 0 Å². The first-order chi connectivity index (χ1) is 8.42. The summed E-state index contributed by atoms with van der Waals surface area (Å²) in [5.74, 6) is -1.11. The van der Waals surface area contributed by atoms with E-state index in [-0.39, 0.29) is 19.4 Å². The topological polar surface area (TPSA) is 82.1 Å². The Morgan fingerprint density at radius 2 is 2.06 bits per heavy atom. The van der Waals surface area contributed by atoms with Gasteiger partial charge in [0.2, 0.25) is 0 Å². The molecule has 0 aliphatic heterocycles. The molecule has 0 aromatic carbocycles. The van der Waals surface area contributed by atoms with E-state index >= 15 is 0 Å². The van der Waals surface area contributed by atoms with Gasteiger partial charge >= 0.3 is 11.9 Å². The number of methoxy groups -OCH3 is 1. The summed E-state index contributed by atoms with van der Waals surface area (Å²) in [6.45, 7) is 1.90. The molecule has 0 saturated carbocycles. The first kappa shape index (κ1) is 17.9. The number of carbonyl (C=O) groups is 2. The van der Waals surface area contributed by atoms with Crippen molar-refractivity contribution >= 4 is 40.6 Å². The van der Waals surface area contributed by atoms with Crippen LogP contribution in [0.3, 0.4) is 0 Å². The van der Waals surface area contributed by atoms with Crippen molar-refractivity contribution in [2.75, 3.05) is 27.2 Å². The molecule has 2 unspecified atom stereocenters. The molecule has 0 aliphatic carbocycles. The normalized spacial score (nSPS) is 15.6. The molecule has 1 N–H and O–H groups in total. The van der Waals surface area contributed by atoms with Crippen LogP contribution in [-0.4, -0.2) is 49.5 Å². The summed E-state index contributed by atoms with van der Waals surface area (Å²) in [5.41, 5.74) is -2.58. The number of hydrogen-bond donors (Lipinski definition) is 1. The number of aliphatic hydroxyl groups excluding tert-OH is 1. The van der Waals surface area contributed by atoms with Crippen molar-refractivity contribution < 1.29 is 28.7 Å². The third kappa shape index (κ3) is 6.15. The molecule has 0 aromatic rings. The molecule has 9 heteroatoms. The zero-order valence-electron chi connectivity index (χ0n) is 10.5. The van der Waals surface area contributed by atoms with Crippen molar-refractivity contribution in [1.82, 2.24) is 0 Å². The van der Waals surface area contributed by atoms with Crippen LogP contribution in [0.5, 0.6) is 0 Å². The van der Waals surface area contributed by atoms with E-state index in [9.17, 15) is 9.59 Å². The Hall–Kier alpha value is -0.140. The highest BCUT2D eigenvalue weighted by Gasteiger charge is 2.31. The molecule has 0 spiro atoms. The van der Waals surface area contributed by atoms with Crippen LogP contribution in [0.25, 0.3) is 0 Å². The Labute approximate surface area is 115 Å². The predicted octanol–water partition coefficient (Wildman–Crippen LogP) is 1.12. The average Bonchev–Trinajstić information content (AvgIpc) is 2.37. The highest BCUT2D eigenvalue weighted by atomic mass is 32.9. The smallest absolute Gasteiger partial charge is 0.319 e. The van der Waals surface area contributed by atoms with Gasteiger partial charge in [-0.05, 0) is 6.92 Å². The molecule has 0 aliphatic rings. The van der Waals surface area contributed by atoms with Crippen LogP contribution in [0.1, 0.15) is 13.3 Å². The van der Waals surface area contributed by atoms with E-state index < -0.39 is 22.7 Å². The maximum atomic E-state index is 11.5. The largest absolute Gasteiger partial charge is 0.468 e. The summed E-state index contributed by atoms with van der Waals surface area (Å²) in [6, 6.07) is 0. The third-order valence-electron chi connectivity index (χ3n) is 1.86. The minimum atomic E-state index is -2.58. The fourth-order valence-electron chi connectivity index (χ4n) is 0.994. The summed E-state index contributed by atoms with van der Waals surface area (Å²) in [5, 5.41) is 8.33. The summed E-state index contributed by atoms with van der Waals surface area (Å²) in [6.07, 6.45) is -0.521. The average molecular weight is 316 g/mol. The Balaban J connectivity index is 4.74. The van der Waals surface area contributed by atoms with Gasteiger partial charge in [0.15, 0.2) is 0 Å².